The van der Waals surface area contributed by atoms with Gasteiger partial charge in [-0.3, -0.25) is 0 Å². The summed E-state index contributed by atoms with van der Waals surface area (Å²) in [5.41, 5.74) is 10.2. The molecule has 6 heteroatoms. The van der Waals surface area contributed by atoms with Gasteiger partial charge in [-0.15, -0.1) is 11.3 Å². The lowest BCUT2D eigenvalue weighted by molar-refractivity contribution is 1.08. The van der Waals surface area contributed by atoms with Gasteiger partial charge in [-0.2, -0.15) is 10.5 Å². The first-order valence-corrected chi connectivity index (χ1v) is 22.9. The molecule has 66 heavy (non-hydrogen) atoms. The summed E-state index contributed by atoms with van der Waals surface area (Å²) in [7, 11) is 0. The van der Waals surface area contributed by atoms with Crippen molar-refractivity contribution in [2.45, 2.75) is 0 Å². The van der Waals surface area contributed by atoms with Crippen molar-refractivity contribution >= 4 is 108 Å². The maximum Gasteiger partial charge on any atom is 0.104 e. The predicted octanol–water partition coefficient (Wildman–Crippen LogP) is 15.9. The SMILES string of the molecule is N#Cc1c(-n2c3ccccc3c3ccccc32)c(-c2ccc3ccccc3c2)c(-n2c3ccccc3c3ccccc32)c(C#N)c1-n1c2ccccc2c2c3c(ccc21)sc1ccccc13. The molecule has 4 heterocycles. The van der Waals surface area contributed by atoms with Crippen LogP contribution in [0.2, 0.25) is 0 Å². The average molecular weight is 856 g/mol. The zero-order chi connectivity index (χ0) is 43.6. The highest BCUT2D eigenvalue weighted by atomic mass is 32.1. The number of nitrogens with zero attached hydrogens (tertiary/aromatic N) is 5. The predicted molar refractivity (Wildman–Crippen MR) is 275 cm³/mol. The Labute approximate surface area is 381 Å². The fraction of sp³-hybridized carbons (Fsp3) is 0. The summed E-state index contributed by atoms with van der Waals surface area (Å²) < 4.78 is 9.19. The van der Waals surface area contributed by atoms with Gasteiger partial charge in [-0.1, -0.05) is 146 Å². The Morgan fingerprint density at radius 1 is 0.333 bits per heavy atom. The number of fused-ring (bicyclic) bond motifs is 14. The van der Waals surface area contributed by atoms with Gasteiger partial charge in [0.15, 0.2) is 0 Å². The minimum absolute atomic E-state index is 0.406. The molecule has 0 aliphatic rings. The lowest BCUT2D eigenvalue weighted by atomic mass is 9.90. The zero-order valence-corrected chi connectivity index (χ0v) is 36.0. The fourth-order valence-corrected chi connectivity index (χ4v) is 12.2. The normalized spacial score (nSPS) is 11.9. The first kappa shape index (κ1) is 36.5. The van der Waals surface area contributed by atoms with Gasteiger partial charge in [0.2, 0.25) is 0 Å². The van der Waals surface area contributed by atoms with Crippen LogP contribution < -0.4 is 0 Å². The van der Waals surface area contributed by atoms with E-state index < -0.39 is 0 Å². The molecule has 0 aliphatic carbocycles. The number of thiophene rings is 1. The Bertz CT molecular complexity index is 4240. The van der Waals surface area contributed by atoms with E-state index in [0.717, 1.165) is 87.3 Å². The number of benzene rings is 10. The molecule has 0 fully saturated rings. The van der Waals surface area contributed by atoms with Gasteiger partial charge in [0.25, 0.3) is 0 Å². The Balaban J connectivity index is 1.29. The van der Waals surface area contributed by atoms with Gasteiger partial charge in [-0.25, -0.2) is 0 Å². The van der Waals surface area contributed by atoms with Gasteiger partial charge < -0.3 is 13.7 Å². The van der Waals surface area contributed by atoms with E-state index in [1.54, 1.807) is 11.3 Å². The number of hydrogen-bond acceptors (Lipinski definition) is 3. The number of aromatic nitrogens is 3. The second-order valence-electron chi connectivity index (χ2n) is 17.0. The second-order valence-corrected chi connectivity index (χ2v) is 18.1. The van der Waals surface area contributed by atoms with Crippen molar-refractivity contribution in [3.8, 4) is 40.3 Å². The summed E-state index contributed by atoms with van der Waals surface area (Å²) in [4.78, 5) is 0. The van der Waals surface area contributed by atoms with E-state index in [4.69, 9.17) is 0 Å². The van der Waals surface area contributed by atoms with Crippen molar-refractivity contribution in [3.63, 3.8) is 0 Å². The van der Waals surface area contributed by atoms with E-state index in [9.17, 15) is 10.5 Å². The summed E-state index contributed by atoms with van der Waals surface area (Å²) >= 11 is 1.79. The lowest BCUT2D eigenvalue weighted by Crippen LogP contribution is -2.14. The molecule has 0 amide bonds. The summed E-state index contributed by atoms with van der Waals surface area (Å²) in [6, 6.07) is 75.9. The first-order chi connectivity index (χ1) is 32.7. The van der Waals surface area contributed by atoms with Crippen molar-refractivity contribution in [1.82, 2.24) is 13.7 Å². The number of hydrogen-bond donors (Lipinski definition) is 0. The number of rotatable bonds is 4. The summed E-state index contributed by atoms with van der Waals surface area (Å²) in [5.74, 6) is 0. The Kier molecular flexibility index (Phi) is 7.63. The van der Waals surface area contributed by atoms with Crippen molar-refractivity contribution < 1.29 is 0 Å². The monoisotopic (exact) mass is 855 g/mol. The van der Waals surface area contributed by atoms with Crippen LogP contribution in [0.3, 0.4) is 0 Å². The second kappa shape index (κ2) is 13.8. The molecular formula is C60H33N5S. The summed E-state index contributed by atoms with van der Waals surface area (Å²) in [6.45, 7) is 0. The molecule has 5 nitrogen and oxygen atoms in total. The van der Waals surface area contributed by atoms with Gasteiger partial charge in [0.1, 0.15) is 23.3 Å². The third-order valence-corrected chi connectivity index (χ3v) is 14.8. The summed E-state index contributed by atoms with van der Waals surface area (Å²) in [5, 5.41) is 35.4. The lowest BCUT2D eigenvalue weighted by Gasteiger charge is -2.26. The minimum atomic E-state index is 0.406. The van der Waals surface area contributed by atoms with Crippen molar-refractivity contribution in [2.75, 3.05) is 0 Å². The largest absolute Gasteiger partial charge is 0.307 e. The molecular weight excluding hydrogens is 823 g/mol. The molecule has 0 atom stereocenters. The van der Waals surface area contributed by atoms with Crippen LogP contribution in [0.5, 0.6) is 0 Å². The molecule has 0 aliphatic heterocycles. The van der Waals surface area contributed by atoms with Gasteiger partial charge >= 0.3 is 0 Å². The maximum absolute atomic E-state index is 12.2. The standard InChI is InChI=1S/C60H33N5S/c61-34-45-58(65-51-27-13-7-21-43(51)56-52(65)31-32-54-57(56)44-22-8-14-28-53(44)66-54)46(35-62)60(64-49-25-11-5-19-41(49)42-20-6-12-26-50(42)64)55(38-30-29-36-15-1-2-16-37(36)33-38)59(45)63-47-23-9-3-17-39(47)40-18-4-10-24-48(40)63/h1-33H. The van der Waals surface area contributed by atoms with E-state index in [1.807, 2.05) is 0 Å². The smallest absolute Gasteiger partial charge is 0.104 e. The van der Waals surface area contributed by atoms with E-state index in [2.05, 4.69) is 226 Å². The Morgan fingerprint density at radius 3 is 1.32 bits per heavy atom. The van der Waals surface area contributed by atoms with Crippen LogP contribution in [0.4, 0.5) is 0 Å². The molecule has 0 saturated heterocycles. The number of nitriles is 2. The van der Waals surface area contributed by atoms with E-state index in [-0.39, 0.29) is 0 Å². The maximum atomic E-state index is 12.2. The fourth-order valence-electron chi connectivity index (χ4n) is 11.1. The van der Waals surface area contributed by atoms with Crippen LogP contribution >= 0.6 is 11.3 Å². The third-order valence-electron chi connectivity index (χ3n) is 13.7. The zero-order valence-electron chi connectivity index (χ0n) is 35.2. The van der Waals surface area contributed by atoms with Crippen LogP contribution in [-0.2, 0) is 0 Å². The van der Waals surface area contributed by atoms with E-state index in [1.165, 1.54) is 20.2 Å². The molecule has 0 spiro atoms. The van der Waals surface area contributed by atoms with Crippen LogP contribution in [0.1, 0.15) is 11.1 Å². The van der Waals surface area contributed by atoms with E-state index in [0.29, 0.717) is 28.2 Å². The summed E-state index contributed by atoms with van der Waals surface area (Å²) in [6.07, 6.45) is 0. The molecule has 0 radical (unpaired) electrons. The molecule has 4 aromatic heterocycles. The van der Waals surface area contributed by atoms with Crippen LogP contribution in [0.25, 0.3) is 125 Å². The van der Waals surface area contributed by atoms with Crippen molar-refractivity contribution in [2.24, 2.45) is 0 Å². The van der Waals surface area contributed by atoms with Crippen molar-refractivity contribution in [1.29, 1.82) is 10.5 Å². The Hall–Kier alpha value is -8.94. The molecule has 14 aromatic rings. The average Bonchev–Trinajstić information content (AvgIpc) is 4.12. The molecule has 304 valence electrons. The molecule has 0 saturated carbocycles. The van der Waals surface area contributed by atoms with Gasteiger partial charge in [0, 0.05) is 58.1 Å². The van der Waals surface area contributed by atoms with Crippen LogP contribution in [-0.4, -0.2) is 13.7 Å². The number of para-hydroxylation sites is 5. The van der Waals surface area contributed by atoms with Crippen molar-refractivity contribution in [3.05, 3.63) is 211 Å². The van der Waals surface area contributed by atoms with Gasteiger partial charge in [0.05, 0.1) is 50.2 Å². The topological polar surface area (TPSA) is 62.4 Å². The third kappa shape index (κ3) is 4.85. The Morgan fingerprint density at radius 2 is 0.773 bits per heavy atom. The minimum Gasteiger partial charge on any atom is -0.307 e. The van der Waals surface area contributed by atoms with Gasteiger partial charge in [-0.05, 0) is 70.9 Å². The van der Waals surface area contributed by atoms with Crippen LogP contribution in [0.15, 0.2) is 200 Å². The van der Waals surface area contributed by atoms with Crippen LogP contribution in [0, 0.1) is 22.7 Å². The van der Waals surface area contributed by atoms with E-state index >= 15 is 0 Å². The molecule has 0 bridgehead atoms. The highest BCUT2D eigenvalue weighted by Gasteiger charge is 2.33. The highest BCUT2D eigenvalue weighted by Crippen LogP contribution is 2.50. The quantitative estimate of drug-likeness (QED) is 0.177. The molecule has 14 rings (SSSR count). The first-order valence-electron chi connectivity index (χ1n) is 22.1. The molecule has 0 N–H and O–H groups in total. The highest BCUT2D eigenvalue weighted by molar-refractivity contribution is 7.26. The molecule has 0 unspecified atom stereocenters. The molecule has 10 aromatic carbocycles.